The summed E-state index contributed by atoms with van der Waals surface area (Å²) in [4.78, 5) is 23.0. The van der Waals surface area contributed by atoms with Gasteiger partial charge in [0.2, 0.25) is 5.88 Å². The predicted molar refractivity (Wildman–Crippen MR) is 63.0 cm³/mol. The Kier molecular flexibility index (Phi) is 3.10. The van der Waals surface area contributed by atoms with Gasteiger partial charge in [-0.2, -0.15) is 0 Å². The first-order chi connectivity index (χ1) is 8.19. The molecule has 0 radical (unpaired) electrons. The number of rotatable bonds is 4. The molecule has 0 spiro atoms. The third kappa shape index (κ3) is 2.64. The Hall–Kier alpha value is -2.28. The van der Waals surface area contributed by atoms with Crippen molar-refractivity contribution < 1.29 is 14.6 Å². The van der Waals surface area contributed by atoms with E-state index < -0.39 is 0 Å². The van der Waals surface area contributed by atoms with Gasteiger partial charge in [0.25, 0.3) is 6.47 Å². The van der Waals surface area contributed by atoms with Gasteiger partial charge in [-0.3, -0.25) is 14.6 Å². The van der Waals surface area contributed by atoms with Gasteiger partial charge in [0, 0.05) is 11.8 Å². The summed E-state index contributed by atoms with van der Waals surface area (Å²) < 4.78 is 4.67. The van der Waals surface area contributed by atoms with Crippen molar-refractivity contribution in [2.45, 2.75) is 0 Å². The molecule has 0 aliphatic heterocycles. The molecule has 17 heavy (non-hydrogen) atoms. The van der Waals surface area contributed by atoms with Crippen LogP contribution in [-0.4, -0.2) is 16.6 Å². The SMILES string of the molecule is O=COc1cccc(Nc2sc(=O)[nH]c2O)c1. The minimum Gasteiger partial charge on any atom is -0.492 e. The van der Waals surface area contributed by atoms with Gasteiger partial charge in [-0.15, -0.1) is 0 Å². The lowest BCUT2D eigenvalue weighted by Crippen LogP contribution is -1.91. The maximum Gasteiger partial charge on any atom is 0.309 e. The van der Waals surface area contributed by atoms with Crippen molar-refractivity contribution in [3.8, 4) is 11.6 Å². The average molecular weight is 252 g/mol. The Labute approximate surface area is 99.5 Å². The van der Waals surface area contributed by atoms with Gasteiger partial charge < -0.3 is 15.2 Å². The van der Waals surface area contributed by atoms with Crippen LogP contribution in [0.15, 0.2) is 29.1 Å². The van der Waals surface area contributed by atoms with E-state index in [0.717, 1.165) is 11.3 Å². The van der Waals surface area contributed by atoms with Gasteiger partial charge in [0.05, 0.1) is 0 Å². The number of thiazole rings is 1. The molecule has 0 bridgehead atoms. The lowest BCUT2D eigenvalue weighted by molar-refractivity contribution is -0.120. The Morgan fingerprint density at radius 3 is 2.94 bits per heavy atom. The van der Waals surface area contributed by atoms with E-state index in [1.54, 1.807) is 24.3 Å². The third-order valence-electron chi connectivity index (χ3n) is 1.91. The van der Waals surface area contributed by atoms with Crippen molar-refractivity contribution in [1.82, 2.24) is 4.98 Å². The summed E-state index contributed by atoms with van der Waals surface area (Å²) in [5.74, 6) is 0.147. The summed E-state index contributed by atoms with van der Waals surface area (Å²) in [6.07, 6.45) is 0. The molecule has 0 fully saturated rings. The van der Waals surface area contributed by atoms with Crippen molar-refractivity contribution in [2.75, 3.05) is 5.32 Å². The maximum absolute atomic E-state index is 11.0. The van der Waals surface area contributed by atoms with Gasteiger partial charge in [-0.1, -0.05) is 17.4 Å². The first-order valence-corrected chi connectivity index (χ1v) is 5.40. The Bertz CT molecular complexity index is 590. The van der Waals surface area contributed by atoms with Gasteiger partial charge in [-0.05, 0) is 12.1 Å². The minimum atomic E-state index is -0.356. The summed E-state index contributed by atoms with van der Waals surface area (Å²) in [6, 6.07) is 6.56. The minimum absolute atomic E-state index is 0.221. The van der Waals surface area contributed by atoms with Crippen LogP contribution in [0.2, 0.25) is 0 Å². The molecule has 0 saturated carbocycles. The summed E-state index contributed by atoms with van der Waals surface area (Å²) in [5, 5.41) is 12.5. The van der Waals surface area contributed by atoms with Crippen LogP contribution < -0.4 is 14.9 Å². The number of aromatic amines is 1. The van der Waals surface area contributed by atoms with Crippen LogP contribution in [0.3, 0.4) is 0 Å². The highest BCUT2D eigenvalue weighted by molar-refractivity contribution is 7.13. The monoisotopic (exact) mass is 252 g/mol. The molecule has 0 aliphatic rings. The smallest absolute Gasteiger partial charge is 0.309 e. The zero-order chi connectivity index (χ0) is 12.3. The van der Waals surface area contributed by atoms with E-state index in [1.807, 2.05) is 0 Å². The van der Waals surface area contributed by atoms with Crippen molar-refractivity contribution in [1.29, 1.82) is 0 Å². The Balaban J connectivity index is 2.23. The topological polar surface area (TPSA) is 91.4 Å². The zero-order valence-electron chi connectivity index (χ0n) is 8.47. The normalized spacial score (nSPS) is 9.88. The number of aromatic nitrogens is 1. The number of hydrogen-bond donors (Lipinski definition) is 3. The van der Waals surface area contributed by atoms with Crippen LogP contribution in [0.25, 0.3) is 0 Å². The summed E-state index contributed by atoms with van der Waals surface area (Å²) in [5.41, 5.74) is 0.593. The molecule has 2 rings (SSSR count). The predicted octanol–water partition coefficient (Wildman–Crippen LogP) is 1.42. The molecule has 0 unspecified atom stereocenters. The summed E-state index contributed by atoms with van der Waals surface area (Å²) in [7, 11) is 0. The van der Waals surface area contributed by atoms with Crippen molar-refractivity contribution in [3.63, 3.8) is 0 Å². The van der Waals surface area contributed by atoms with E-state index in [9.17, 15) is 14.7 Å². The second-order valence-corrected chi connectivity index (χ2v) is 4.04. The number of carbonyl (C=O) groups is 1. The van der Waals surface area contributed by atoms with Gasteiger partial charge >= 0.3 is 4.87 Å². The number of H-pyrrole nitrogens is 1. The van der Waals surface area contributed by atoms with E-state index in [1.165, 1.54) is 0 Å². The number of hydrogen-bond acceptors (Lipinski definition) is 6. The second kappa shape index (κ2) is 4.71. The molecule has 0 saturated heterocycles. The van der Waals surface area contributed by atoms with E-state index >= 15 is 0 Å². The fourth-order valence-electron chi connectivity index (χ4n) is 1.24. The second-order valence-electron chi connectivity index (χ2n) is 3.06. The highest BCUT2D eigenvalue weighted by Gasteiger charge is 2.06. The zero-order valence-corrected chi connectivity index (χ0v) is 9.28. The molecular weight excluding hydrogens is 244 g/mol. The number of benzene rings is 1. The molecule has 0 aliphatic carbocycles. The lowest BCUT2D eigenvalue weighted by atomic mass is 10.3. The maximum atomic E-state index is 11.0. The van der Waals surface area contributed by atoms with Gasteiger partial charge in [-0.25, -0.2) is 0 Å². The van der Waals surface area contributed by atoms with Crippen LogP contribution in [-0.2, 0) is 4.79 Å². The molecule has 88 valence electrons. The van der Waals surface area contributed by atoms with Crippen LogP contribution >= 0.6 is 11.3 Å². The first kappa shape index (κ1) is 11.2. The molecule has 6 nitrogen and oxygen atoms in total. The number of aromatic hydroxyl groups is 1. The third-order valence-corrected chi connectivity index (χ3v) is 2.69. The molecule has 1 aromatic carbocycles. The average Bonchev–Trinajstić information content (AvgIpc) is 2.58. The van der Waals surface area contributed by atoms with E-state index in [2.05, 4.69) is 15.0 Å². The fourth-order valence-corrected chi connectivity index (χ4v) is 1.89. The molecule has 0 atom stereocenters. The largest absolute Gasteiger partial charge is 0.492 e. The number of carbonyl (C=O) groups excluding carboxylic acids is 1. The summed E-state index contributed by atoms with van der Waals surface area (Å²) in [6.45, 7) is 0.325. The highest BCUT2D eigenvalue weighted by Crippen LogP contribution is 2.28. The van der Waals surface area contributed by atoms with Crippen molar-refractivity contribution in [2.24, 2.45) is 0 Å². The number of anilines is 2. The number of nitrogens with one attached hydrogen (secondary N) is 2. The Morgan fingerprint density at radius 1 is 1.47 bits per heavy atom. The quantitative estimate of drug-likeness (QED) is 0.716. The van der Waals surface area contributed by atoms with Crippen LogP contribution in [0.5, 0.6) is 11.6 Å². The van der Waals surface area contributed by atoms with Crippen LogP contribution in [0, 0.1) is 0 Å². The standard InChI is InChI=1S/C10H8N2O4S/c13-5-16-7-3-1-2-6(4-7)11-9-8(14)12-10(15)17-9/h1-5,11,14H,(H,12,15). The van der Waals surface area contributed by atoms with E-state index in [-0.39, 0.29) is 10.8 Å². The molecule has 1 aromatic heterocycles. The highest BCUT2D eigenvalue weighted by atomic mass is 32.1. The van der Waals surface area contributed by atoms with Gasteiger partial charge in [0.15, 0.2) is 5.00 Å². The molecule has 3 N–H and O–H groups in total. The molecule has 1 heterocycles. The van der Waals surface area contributed by atoms with Crippen LogP contribution in [0.1, 0.15) is 0 Å². The Morgan fingerprint density at radius 2 is 2.29 bits per heavy atom. The van der Waals surface area contributed by atoms with Crippen LogP contribution in [0.4, 0.5) is 10.7 Å². The first-order valence-electron chi connectivity index (χ1n) is 4.58. The molecule has 0 amide bonds. The molecular formula is C10H8N2O4S. The summed E-state index contributed by atoms with van der Waals surface area (Å²) >= 11 is 0.846. The lowest BCUT2D eigenvalue weighted by Gasteiger charge is -2.04. The number of ether oxygens (including phenoxy) is 1. The van der Waals surface area contributed by atoms with E-state index in [4.69, 9.17) is 0 Å². The van der Waals surface area contributed by atoms with Gasteiger partial charge in [0.1, 0.15) is 5.75 Å². The molecule has 7 heteroatoms. The van der Waals surface area contributed by atoms with Crippen molar-refractivity contribution in [3.05, 3.63) is 33.9 Å². The fraction of sp³-hybridized carbons (Fsp3) is 0. The van der Waals surface area contributed by atoms with Crippen molar-refractivity contribution >= 4 is 28.5 Å². The molecule has 2 aromatic rings. The van der Waals surface area contributed by atoms with E-state index in [0.29, 0.717) is 22.9 Å².